The molecule has 0 aliphatic carbocycles. The Balaban J connectivity index is 2.06. The monoisotopic (exact) mass is 494 g/mol. The van der Waals surface area contributed by atoms with Crippen molar-refractivity contribution >= 4 is 23.9 Å². The van der Waals surface area contributed by atoms with Crippen LogP contribution >= 0.6 is 0 Å². The molecule has 1 aromatic rings. The summed E-state index contributed by atoms with van der Waals surface area (Å²) in [4.78, 5) is 53.3. The Morgan fingerprint density at radius 2 is 0.943 bits per heavy atom. The second kappa shape index (κ2) is 15.0. The molecular formula is C23H34N4O8. The number of benzene rings is 1. The van der Waals surface area contributed by atoms with Crippen LogP contribution in [-0.2, 0) is 30.5 Å². The molecular weight excluding hydrogens is 460 g/mol. The van der Waals surface area contributed by atoms with E-state index in [0.717, 1.165) is 5.56 Å². The van der Waals surface area contributed by atoms with Crippen LogP contribution < -0.4 is 0 Å². The first-order valence-corrected chi connectivity index (χ1v) is 11.5. The van der Waals surface area contributed by atoms with Crippen LogP contribution in [0.4, 0.5) is 0 Å². The molecule has 0 spiro atoms. The van der Waals surface area contributed by atoms with Crippen LogP contribution in [0.3, 0.4) is 0 Å². The predicted octanol–water partition coefficient (Wildman–Crippen LogP) is -0.795. The average Bonchev–Trinajstić information content (AvgIpc) is 2.79. The zero-order valence-corrected chi connectivity index (χ0v) is 19.8. The maximum atomic E-state index is 12.5. The molecule has 0 unspecified atom stereocenters. The Labute approximate surface area is 204 Å². The number of carbonyl (C=O) groups is 4. The summed E-state index contributed by atoms with van der Waals surface area (Å²) < 4.78 is 5.38. The first kappa shape index (κ1) is 28.2. The average molecular weight is 495 g/mol. The van der Waals surface area contributed by atoms with Gasteiger partial charge in [-0.2, -0.15) is 0 Å². The summed E-state index contributed by atoms with van der Waals surface area (Å²) in [7, 11) is 0. The number of hydrogen-bond acceptors (Lipinski definition) is 9. The van der Waals surface area contributed by atoms with E-state index >= 15 is 0 Å². The number of nitrogens with zero attached hydrogens (tertiary/aromatic N) is 4. The number of rotatable bonds is 10. The van der Waals surface area contributed by atoms with Crippen LogP contribution in [0.1, 0.15) is 5.56 Å². The highest BCUT2D eigenvalue weighted by Crippen LogP contribution is 2.04. The van der Waals surface area contributed by atoms with Crippen molar-refractivity contribution in [1.82, 2.24) is 19.6 Å². The molecule has 3 N–H and O–H groups in total. The second-order valence-corrected chi connectivity index (χ2v) is 8.43. The van der Waals surface area contributed by atoms with Crippen LogP contribution in [0.2, 0.25) is 0 Å². The Hall–Kier alpha value is -3.06. The van der Waals surface area contributed by atoms with Gasteiger partial charge in [-0.05, 0) is 5.56 Å². The van der Waals surface area contributed by atoms with Crippen LogP contribution in [0, 0.1) is 0 Å². The molecule has 0 bridgehead atoms. The van der Waals surface area contributed by atoms with Gasteiger partial charge in [0.15, 0.2) is 0 Å². The fraction of sp³-hybridized carbons (Fsp3) is 0.565. The minimum Gasteiger partial charge on any atom is -0.480 e. The lowest BCUT2D eigenvalue weighted by molar-refractivity contribution is -0.147. The number of aliphatic carboxylic acids is 3. The van der Waals surface area contributed by atoms with Gasteiger partial charge in [0, 0.05) is 52.4 Å². The lowest BCUT2D eigenvalue weighted by atomic mass is 10.2. The van der Waals surface area contributed by atoms with Gasteiger partial charge in [-0.1, -0.05) is 30.3 Å². The molecule has 1 saturated heterocycles. The molecule has 12 heteroatoms. The van der Waals surface area contributed by atoms with Crippen molar-refractivity contribution in [3.63, 3.8) is 0 Å². The SMILES string of the molecule is O=C(O)CN1CCN(CC(=O)O)CCN(CC(=O)OCc2ccccc2)CCN(CC(=O)O)CC1. The summed E-state index contributed by atoms with van der Waals surface area (Å²) in [5, 5.41) is 27.8. The fourth-order valence-corrected chi connectivity index (χ4v) is 3.75. The third-order valence-corrected chi connectivity index (χ3v) is 5.60. The Kier molecular flexibility index (Phi) is 12.1. The van der Waals surface area contributed by atoms with Gasteiger partial charge in [-0.25, -0.2) is 0 Å². The summed E-state index contributed by atoms with van der Waals surface area (Å²) in [5.74, 6) is -3.43. The molecule has 2 rings (SSSR count). The molecule has 1 fully saturated rings. The maximum absolute atomic E-state index is 12.5. The van der Waals surface area contributed by atoms with Gasteiger partial charge in [-0.15, -0.1) is 0 Å². The first-order chi connectivity index (χ1) is 16.7. The van der Waals surface area contributed by atoms with Crippen LogP contribution in [0.15, 0.2) is 30.3 Å². The normalized spacial score (nSPS) is 17.7. The molecule has 0 aromatic heterocycles. The lowest BCUT2D eigenvalue weighted by Crippen LogP contribution is -2.49. The number of carboxylic acid groups (broad SMARTS) is 3. The molecule has 1 aliphatic rings. The van der Waals surface area contributed by atoms with Crippen molar-refractivity contribution in [2.75, 3.05) is 78.5 Å². The third-order valence-electron chi connectivity index (χ3n) is 5.60. The molecule has 0 saturated carbocycles. The lowest BCUT2D eigenvalue weighted by Gasteiger charge is -2.32. The smallest absolute Gasteiger partial charge is 0.320 e. The molecule has 1 aliphatic heterocycles. The van der Waals surface area contributed by atoms with Gasteiger partial charge >= 0.3 is 23.9 Å². The van der Waals surface area contributed by atoms with Crippen molar-refractivity contribution in [1.29, 1.82) is 0 Å². The van der Waals surface area contributed by atoms with Gasteiger partial charge in [-0.3, -0.25) is 38.8 Å². The van der Waals surface area contributed by atoms with Gasteiger partial charge in [0.2, 0.25) is 0 Å². The first-order valence-electron chi connectivity index (χ1n) is 11.5. The largest absolute Gasteiger partial charge is 0.480 e. The van der Waals surface area contributed by atoms with E-state index in [1.807, 2.05) is 35.2 Å². The summed E-state index contributed by atoms with van der Waals surface area (Å²) >= 11 is 0. The second-order valence-electron chi connectivity index (χ2n) is 8.43. The van der Waals surface area contributed by atoms with E-state index < -0.39 is 23.9 Å². The Morgan fingerprint density at radius 3 is 1.29 bits per heavy atom. The molecule has 35 heavy (non-hydrogen) atoms. The summed E-state index contributed by atoms with van der Waals surface area (Å²) in [6, 6.07) is 9.28. The van der Waals surface area contributed by atoms with Crippen molar-refractivity contribution < 1.29 is 39.2 Å². The molecule has 12 nitrogen and oxygen atoms in total. The molecule has 194 valence electrons. The number of ether oxygens (including phenoxy) is 1. The summed E-state index contributed by atoms with van der Waals surface area (Å²) in [5.41, 5.74) is 0.862. The minimum atomic E-state index is -1.01. The van der Waals surface area contributed by atoms with Crippen LogP contribution in [0.25, 0.3) is 0 Å². The number of esters is 1. The van der Waals surface area contributed by atoms with E-state index in [9.17, 15) is 34.5 Å². The number of carboxylic acids is 3. The Morgan fingerprint density at radius 1 is 0.600 bits per heavy atom. The zero-order chi connectivity index (χ0) is 25.6. The number of carbonyl (C=O) groups excluding carboxylic acids is 1. The van der Waals surface area contributed by atoms with E-state index in [1.54, 1.807) is 14.7 Å². The van der Waals surface area contributed by atoms with E-state index in [2.05, 4.69) is 0 Å². The zero-order valence-electron chi connectivity index (χ0n) is 19.8. The molecule has 1 heterocycles. The van der Waals surface area contributed by atoms with E-state index in [4.69, 9.17) is 4.74 Å². The molecule has 0 amide bonds. The van der Waals surface area contributed by atoms with Gasteiger partial charge in [0.05, 0.1) is 26.2 Å². The predicted molar refractivity (Wildman–Crippen MR) is 125 cm³/mol. The van der Waals surface area contributed by atoms with Crippen molar-refractivity contribution in [2.24, 2.45) is 0 Å². The van der Waals surface area contributed by atoms with E-state index in [1.165, 1.54) is 0 Å². The van der Waals surface area contributed by atoms with Crippen LogP contribution in [-0.4, -0.2) is 137 Å². The third kappa shape index (κ3) is 12.3. The quantitative estimate of drug-likeness (QED) is 0.350. The highest BCUT2D eigenvalue weighted by molar-refractivity contribution is 5.72. The molecule has 1 aromatic carbocycles. The van der Waals surface area contributed by atoms with Crippen LogP contribution in [0.5, 0.6) is 0 Å². The van der Waals surface area contributed by atoms with Crippen molar-refractivity contribution in [2.45, 2.75) is 6.61 Å². The topological polar surface area (TPSA) is 151 Å². The van der Waals surface area contributed by atoms with Crippen molar-refractivity contribution in [3.05, 3.63) is 35.9 Å². The van der Waals surface area contributed by atoms with Crippen molar-refractivity contribution in [3.8, 4) is 0 Å². The standard InChI is InChI=1S/C23H34N4O8/c28-20(29)14-24-6-8-25(15-21(30)31)10-12-27(13-11-26(9-7-24)16-22(32)33)17-23(34)35-18-19-4-2-1-3-5-19/h1-5H,6-18H2,(H,28,29)(H,30,31)(H,32,33). The molecule has 0 atom stereocenters. The summed E-state index contributed by atoms with van der Waals surface area (Å²) in [6.45, 7) is 2.20. The van der Waals surface area contributed by atoms with Gasteiger partial charge in [0.1, 0.15) is 6.61 Å². The van der Waals surface area contributed by atoms with E-state index in [-0.39, 0.29) is 32.8 Å². The maximum Gasteiger partial charge on any atom is 0.320 e. The highest BCUT2D eigenvalue weighted by Gasteiger charge is 2.21. The highest BCUT2D eigenvalue weighted by atomic mass is 16.5. The van der Waals surface area contributed by atoms with Gasteiger partial charge in [0.25, 0.3) is 0 Å². The summed E-state index contributed by atoms with van der Waals surface area (Å²) in [6.07, 6.45) is 0. The number of hydrogen-bond donors (Lipinski definition) is 3. The van der Waals surface area contributed by atoms with Gasteiger partial charge < -0.3 is 20.1 Å². The fourth-order valence-electron chi connectivity index (χ4n) is 3.75. The Bertz CT molecular complexity index is 806. The minimum absolute atomic E-state index is 0.0141. The van der Waals surface area contributed by atoms with E-state index in [0.29, 0.717) is 52.4 Å². The molecule has 0 radical (unpaired) electrons.